The second-order valence-electron chi connectivity index (χ2n) is 8.69. The molecule has 0 spiro atoms. The lowest BCUT2D eigenvalue weighted by atomic mass is 10.0. The molecule has 32 heavy (non-hydrogen) atoms. The molecule has 0 aliphatic heterocycles. The van der Waals surface area contributed by atoms with E-state index >= 15 is 0 Å². The van der Waals surface area contributed by atoms with Crippen LogP contribution in [-0.2, 0) is 6.42 Å². The number of aryl methyl sites for hydroxylation is 2. The Hall–Kier alpha value is -2.10. The van der Waals surface area contributed by atoms with Crippen LogP contribution in [0, 0.1) is 6.92 Å². The standard InChI is InChI=1S/C29H27Br2N/c1-3-4-5-6-11-20-17-27(19(2)16-24(20)30)32-26-15-10-9-14-23(26)29-22-13-8-7-12-21(22)25(31)18-28(29)32/h7-10,12-18H,3-6,11H2,1-2H3. The molecule has 0 saturated carbocycles. The SMILES string of the molecule is CCCCCCc1cc(-n2c3ccccc3c3c4ccccc4c(Br)cc32)c(C)cc1Br. The average molecular weight is 549 g/mol. The van der Waals surface area contributed by atoms with Crippen molar-refractivity contribution in [2.75, 3.05) is 0 Å². The van der Waals surface area contributed by atoms with Gasteiger partial charge in [-0.05, 0) is 65.9 Å². The second-order valence-corrected chi connectivity index (χ2v) is 10.4. The molecule has 0 saturated heterocycles. The van der Waals surface area contributed by atoms with Crippen LogP contribution in [-0.4, -0.2) is 4.57 Å². The van der Waals surface area contributed by atoms with Crippen molar-refractivity contribution in [3.05, 3.63) is 86.8 Å². The van der Waals surface area contributed by atoms with E-state index in [9.17, 15) is 0 Å². The van der Waals surface area contributed by atoms with Gasteiger partial charge in [0.05, 0.1) is 11.0 Å². The Balaban J connectivity index is 1.79. The summed E-state index contributed by atoms with van der Waals surface area (Å²) in [5.41, 5.74) is 6.45. The van der Waals surface area contributed by atoms with Crippen molar-refractivity contribution in [1.29, 1.82) is 0 Å². The third kappa shape index (κ3) is 3.70. The summed E-state index contributed by atoms with van der Waals surface area (Å²) in [4.78, 5) is 0. The van der Waals surface area contributed by atoms with Crippen LogP contribution < -0.4 is 0 Å². The lowest BCUT2D eigenvalue weighted by Crippen LogP contribution is -2.00. The van der Waals surface area contributed by atoms with Gasteiger partial charge in [-0.15, -0.1) is 0 Å². The molecule has 162 valence electrons. The number of rotatable bonds is 6. The van der Waals surface area contributed by atoms with Crippen LogP contribution in [0.25, 0.3) is 38.3 Å². The van der Waals surface area contributed by atoms with Gasteiger partial charge in [-0.25, -0.2) is 0 Å². The van der Waals surface area contributed by atoms with Crippen molar-refractivity contribution in [1.82, 2.24) is 4.57 Å². The van der Waals surface area contributed by atoms with Crippen molar-refractivity contribution in [2.45, 2.75) is 46.0 Å². The van der Waals surface area contributed by atoms with Crippen LogP contribution in [0.5, 0.6) is 0 Å². The van der Waals surface area contributed by atoms with Gasteiger partial charge in [0.25, 0.3) is 0 Å². The number of unbranched alkanes of at least 4 members (excludes halogenated alkanes) is 3. The minimum Gasteiger partial charge on any atom is -0.309 e. The fraction of sp³-hybridized carbons (Fsp3) is 0.241. The molecular weight excluding hydrogens is 522 g/mol. The summed E-state index contributed by atoms with van der Waals surface area (Å²) in [5.74, 6) is 0. The predicted molar refractivity (Wildman–Crippen MR) is 146 cm³/mol. The zero-order valence-electron chi connectivity index (χ0n) is 18.6. The molecule has 5 rings (SSSR count). The first kappa shape index (κ1) is 21.7. The first-order valence-corrected chi connectivity index (χ1v) is 13.1. The predicted octanol–water partition coefficient (Wildman–Crippen LogP) is 9.89. The summed E-state index contributed by atoms with van der Waals surface area (Å²) in [6, 6.07) is 24.5. The molecule has 0 aliphatic carbocycles. The highest BCUT2D eigenvalue weighted by Crippen LogP contribution is 2.41. The third-order valence-corrected chi connectivity index (χ3v) is 7.93. The zero-order chi connectivity index (χ0) is 22.2. The summed E-state index contributed by atoms with van der Waals surface area (Å²) in [7, 11) is 0. The number of para-hydroxylation sites is 1. The molecule has 0 aliphatic rings. The summed E-state index contributed by atoms with van der Waals surface area (Å²) in [6.45, 7) is 4.49. The molecule has 3 heteroatoms. The number of fused-ring (bicyclic) bond motifs is 5. The first-order chi connectivity index (χ1) is 15.6. The second kappa shape index (κ2) is 9.03. The summed E-state index contributed by atoms with van der Waals surface area (Å²) in [5, 5.41) is 5.18. The van der Waals surface area contributed by atoms with E-state index in [1.807, 2.05) is 0 Å². The number of aromatic nitrogens is 1. The Bertz CT molecular complexity index is 1440. The Kier molecular flexibility index (Phi) is 6.14. The lowest BCUT2D eigenvalue weighted by molar-refractivity contribution is 0.666. The van der Waals surface area contributed by atoms with Crippen molar-refractivity contribution < 1.29 is 0 Å². The maximum Gasteiger partial charge on any atom is 0.0558 e. The van der Waals surface area contributed by atoms with E-state index in [-0.39, 0.29) is 0 Å². The number of halogens is 2. The molecule has 0 amide bonds. The summed E-state index contributed by atoms with van der Waals surface area (Å²) in [6.07, 6.45) is 6.21. The number of nitrogens with zero attached hydrogens (tertiary/aromatic N) is 1. The third-order valence-electron chi connectivity index (χ3n) is 6.53. The monoisotopic (exact) mass is 547 g/mol. The molecule has 0 radical (unpaired) electrons. The molecule has 0 bridgehead atoms. The number of hydrogen-bond acceptors (Lipinski definition) is 0. The van der Waals surface area contributed by atoms with Crippen molar-refractivity contribution in [3.63, 3.8) is 0 Å². The molecule has 4 aromatic carbocycles. The van der Waals surface area contributed by atoms with Crippen molar-refractivity contribution >= 4 is 64.4 Å². The van der Waals surface area contributed by atoms with Crippen LogP contribution in [0.15, 0.2) is 75.7 Å². The highest BCUT2D eigenvalue weighted by Gasteiger charge is 2.18. The Labute approximate surface area is 206 Å². The minimum absolute atomic E-state index is 1.11. The van der Waals surface area contributed by atoms with E-state index in [4.69, 9.17) is 0 Å². The van der Waals surface area contributed by atoms with Gasteiger partial charge in [0.1, 0.15) is 0 Å². The van der Waals surface area contributed by atoms with E-state index in [2.05, 4.69) is 117 Å². The van der Waals surface area contributed by atoms with Gasteiger partial charge in [-0.2, -0.15) is 0 Å². The smallest absolute Gasteiger partial charge is 0.0558 e. The lowest BCUT2D eigenvalue weighted by Gasteiger charge is -2.15. The van der Waals surface area contributed by atoms with Crippen LogP contribution in [0.3, 0.4) is 0 Å². The zero-order valence-corrected chi connectivity index (χ0v) is 21.8. The van der Waals surface area contributed by atoms with Gasteiger partial charge in [0.2, 0.25) is 0 Å². The van der Waals surface area contributed by atoms with Gasteiger partial charge in [0.15, 0.2) is 0 Å². The maximum absolute atomic E-state index is 3.85. The quantitative estimate of drug-likeness (QED) is 0.186. The van der Waals surface area contributed by atoms with Gasteiger partial charge >= 0.3 is 0 Å². The van der Waals surface area contributed by atoms with Crippen LogP contribution in [0.4, 0.5) is 0 Å². The molecular formula is C29H27Br2N. The maximum atomic E-state index is 3.85. The first-order valence-electron chi connectivity index (χ1n) is 11.5. The molecule has 1 aromatic heterocycles. The molecule has 0 N–H and O–H groups in total. The number of hydrogen-bond donors (Lipinski definition) is 0. The van der Waals surface area contributed by atoms with E-state index in [1.54, 1.807) is 0 Å². The van der Waals surface area contributed by atoms with Gasteiger partial charge in [-0.1, -0.05) is 101 Å². The molecule has 0 unspecified atom stereocenters. The van der Waals surface area contributed by atoms with Crippen LogP contribution >= 0.6 is 31.9 Å². The fourth-order valence-corrected chi connectivity index (χ4v) is 6.14. The van der Waals surface area contributed by atoms with E-state index in [1.165, 1.54) is 79.5 Å². The minimum atomic E-state index is 1.11. The number of benzene rings is 4. The average Bonchev–Trinajstić information content (AvgIpc) is 3.12. The Morgan fingerprint density at radius 1 is 0.719 bits per heavy atom. The molecule has 5 aromatic rings. The fourth-order valence-electron chi connectivity index (χ4n) is 4.93. The summed E-state index contributed by atoms with van der Waals surface area (Å²) >= 11 is 7.70. The van der Waals surface area contributed by atoms with E-state index < -0.39 is 0 Å². The topological polar surface area (TPSA) is 4.93 Å². The van der Waals surface area contributed by atoms with Crippen LogP contribution in [0.2, 0.25) is 0 Å². The highest BCUT2D eigenvalue weighted by atomic mass is 79.9. The normalized spacial score (nSPS) is 11.8. The van der Waals surface area contributed by atoms with Gasteiger partial charge in [0, 0.05) is 25.4 Å². The van der Waals surface area contributed by atoms with Gasteiger partial charge in [-0.3, -0.25) is 0 Å². The summed E-state index contributed by atoms with van der Waals surface area (Å²) < 4.78 is 4.82. The van der Waals surface area contributed by atoms with E-state index in [0.29, 0.717) is 0 Å². The van der Waals surface area contributed by atoms with E-state index in [0.717, 1.165) is 10.9 Å². The van der Waals surface area contributed by atoms with Crippen molar-refractivity contribution in [2.24, 2.45) is 0 Å². The van der Waals surface area contributed by atoms with Crippen LogP contribution in [0.1, 0.15) is 43.7 Å². The molecule has 1 nitrogen and oxygen atoms in total. The molecule has 1 heterocycles. The largest absolute Gasteiger partial charge is 0.309 e. The Morgan fingerprint density at radius 2 is 1.44 bits per heavy atom. The molecule has 0 fully saturated rings. The van der Waals surface area contributed by atoms with Gasteiger partial charge < -0.3 is 4.57 Å². The highest BCUT2D eigenvalue weighted by molar-refractivity contribution is 9.11. The van der Waals surface area contributed by atoms with Crippen molar-refractivity contribution in [3.8, 4) is 5.69 Å². The molecule has 0 atom stereocenters. The Morgan fingerprint density at radius 3 is 2.22 bits per heavy atom.